The van der Waals surface area contributed by atoms with Crippen molar-refractivity contribution in [1.29, 1.82) is 0 Å². The van der Waals surface area contributed by atoms with Crippen molar-refractivity contribution in [3.63, 3.8) is 0 Å². The van der Waals surface area contributed by atoms with Gasteiger partial charge in [0.1, 0.15) is 0 Å². The molecule has 0 aliphatic rings. The fourth-order valence-electron chi connectivity index (χ4n) is 1.59. The molecule has 2 N–H and O–H groups in total. The number of hydrogen-bond acceptors (Lipinski definition) is 2. The molecule has 0 atom stereocenters. The predicted molar refractivity (Wildman–Crippen MR) is 58.7 cm³/mol. The molecule has 0 spiro atoms. The molecule has 0 radical (unpaired) electrons. The molecule has 6 heteroatoms. The summed E-state index contributed by atoms with van der Waals surface area (Å²) >= 11 is 0. The summed E-state index contributed by atoms with van der Waals surface area (Å²) in [5.74, 6) is -2.14. The molecule has 1 rings (SSSR count). The van der Waals surface area contributed by atoms with Crippen LogP contribution in [-0.4, -0.2) is 22.2 Å². The lowest BCUT2D eigenvalue weighted by atomic mass is 9.98. The zero-order chi connectivity index (χ0) is 13.7. The van der Waals surface area contributed by atoms with Gasteiger partial charge in [-0.2, -0.15) is 0 Å². The Morgan fingerprint density at radius 2 is 1.78 bits per heavy atom. The number of rotatable bonds is 6. The topological polar surface area (TPSA) is 74.6 Å². The third-order valence-electron chi connectivity index (χ3n) is 2.43. The Labute approximate surface area is 102 Å². The van der Waals surface area contributed by atoms with Crippen molar-refractivity contribution in [3.8, 4) is 0 Å². The van der Waals surface area contributed by atoms with Crippen LogP contribution in [0.25, 0.3) is 0 Å². The smallest absolute Gasteiger partial charge is 0.307 e. The second-order valence-electron chi connectivity index (χ2n) is 3.79. The van der Waals surface area contributed by atoms with Gasteiger partial charge in [-0.1, -0.05) is 12.1 Å². The molecular formula is C12H12F2O4. The number of benzene rings is 1. The summed E-state index contributed by atoms with van der Waals surface area (Å²) in [7, 11) is 0. The minimum absolute atomic E-state index is 0.0402. The Hall–Kier alpha value is -1.98. The summed E-state index contributed by atoms with van der Waals surface area (Å²) < 4.78 is 25.0. The Balaban J connectivity index is 3.01. The van der Waals surface area contributed by atoms with Crippen molar-refractivity contribution in [2.45, 2.75) is 25.7 Å². The summed E-state index contributed by atoms with van der Waals surface area (Å²) in [5.41, 5.74) is 0.482. The second-order valence-corrected chi connectivity index (χ2v) is 3.79. The number of aliphatic carboxylic acids is 2. The molecule has 0 aliphatic carbocycles. The highest BCUT2D eigenvalue weighted by molar-refractivity contribution is 5.71. The van der Waals surface area contributed by atoms with Crippen molar-refractivity contribution >= 4 is 11.9 Å². The molecule has 0 saturated carbocycles. The van der Waals surface area contributed by atoms with E-state index in [2.05, 4.69) is 0 Å². The van der Waals surface area contributed by atoms with E-state index in [0.29, 0.717) is 11.1 Å². The van der Waals surface area contributed by atoms with E-state index in [1.807, 2.05) is 0 Å². The fourth-order valence-corrected chi connectivity index (χ4v) is 1.59. The third-order valence-corrected chi connectivity index (χ3v) is 2.43. The van der Waals surface area contributed by atoms with Gasteiger partial charge in [0.25, 0.3) is 6.43 Å². The second kappa shape index (κ2) is 6.09. The SMILES string of the molecule is O=C(O)CCc1cc(C(F)F)ccc1CC(=O)O. The molecule has 1 aromatic rings. The van der Waals surface area contributed by atoms with E-state index in [4.69, 9.17) is 10.2 Å². The quantitative estimate of drug-likeness (QED) is 0.820. The molecule has 18 heavy (non-hydrogen) atoms. The Bertz CT molecular complexity index is 457. The highest BCUT2D eigenvalue weighted by atomic mass is 19.3. The normalized spacial score (nSPS) is 10.6. The molecule has 0 aliphatic heterocycles. The van der Waals surface area contributed by atoms with Crippen LogP contribution in [0.1, 0.15) is 29.5 Å². The lowest BCUT2D eigenvalue weighted by molar-refractivity contribution is -0.137. The molecule has 0 fully saturated rings. The number of carboxylic acid groups (broad SMARTS) is 2. The van der Waals surface area contributed by atoms with Crippen molar-refractivity contribution in [2.24, 2.45) is 0 Å². The molecule has 0 bridgehead atoms. The molecular weight excluding hydrogens is 246 g/mol. The van der Waals surface area contributed by atoms with E-state index >= 15 is 0 Å². The zero-order valence-corrected chi connectivity index (χ0v) is 9.40. The van der Waals surface area contributed by atoms with E-state index in [1.165, 1.54) is 12.1 Å². The molecule has 4 nitrogen and oxygen atoms in total. The first-order valence-corrected chi connectivity index (χ1v) is 5.23. The van der Waals surface area contributed by atoms with Gasteiger partial charge in [-0.05, 0) is 23.6 Å². The van der Waals surface area contributed by atoms with Crippen molar-refractivity contribution in [2.75, 3.05) is 0 Å². The summed E-state index contributed by atoms with van der Waals surface area (Å²) in [5, 5.41) is 17.2. The Kier molecular flexibility index (Phi) is 4.76. The number of aryl methyl sites for hydroxylation is 1. The number of carboxylic acids is 2. The van der Waals surface area contributed by atoms with Crippen molar-refractivity contribution in [1.82, 2.24) is 0 Å². The van der Waals surface area contributed by atoms with Crippen LogP contribution in [-0.2, 0) is 22.4 Å². The first-order chi connectivity index (χ1) is 8.40. The summed E-state index contributed by atoms with van der Waals surface area (Å²) in [6.07, 6.45) is -3.15. The van der Waals surface area contributed by atoms with Crippen LogP contribution in [0.15, 0.2) is 18.2 Å². The van der Waals surface area contributed by atoms with Gasteiger partial charge >= 0.3 is 11.9 Å². The van der Waals surface area contributed by atoms with Crippen LogP contribution < -0.4 is 0 Å². The molecule has 1 aromatic carbocycles. The maximum Gasteiger partial charge on any atom is 0.307 e. The van der Waals surface area contributed by atoms with Crippen LogP contribution in [0, 0.1) is 0 Å². The molecule has 0 unspecified atom stereocenters. The number of halogens is 2. The van der Waals surface area contributed by atoms with Crippen molar-refractivity contribution in [3.05, 3.63) is 34.9 Å². The van der Waals surface area contributed by atoms with Gasteiger partial charge < -0.3 is 10.2 Å². The Morgan fingerprint density at radius 1 is 1.11 bits per heavy atom. The fraction of sp³-hybridized carbons (Fsp3) is 0.333. The largest absolute Gasteiger partial charge is 0.481 e. The van der Waals surface area contributed by atoms with Crippen LogP contribution in [0.2, 0.25) is 0 Å². The highest BCUT2D eigenvalue weighted by Crippen LogP contribution is 2.23. The average molecular weight is 258 g/mol. The summed E-state index contributed by atoms with van der Waals surface area (Å²) in [4.78, 5) is 21.1. The number of hydrogen-bond donors (Lipinski definition) is 2. The van der Waals surface area contributed by atoms with E-state index in [-0.39, 0.29) is 24.8 Å². The molecule has 0 aromatic heterocycles. The average Bonchev–Trinajstić information content (AvgIpc) is 2.26. The van der Waals surface area contributed by atoms with Crippen LogP contribution in [0.4, 0.5) is 8.78 Å². The van der Waals surface area contributed by atoms with Gasteiger partial charge in [-0.15, -0.1) is 0 Å². The van der Waals surface area contributed by atoms with E-state index < -0.39 is 18.4 Å². The maximum atomic E-state index is 12.5. The van der Waals surface area contributed by atoms with Gasteiger partial charge in [0.2, 0.25) is 0 Å². The lowest BCUT2D eigenvalue weighted by Gasteiger charge is -2.09. The lowest BCUT2D eigenvalue weighted by Crippen LogP contribution is -2.06. The minimum atomic E-state index is -2.66. The van der Waals surface area contributed by atoms with Gasteiger partial charge in [-0.25, -0.2) is 8.78 Å². The molecule has 0 amide bonds. The first-order valence-electron chi connectivity index (χ1n) is 5.23. The van der Waals surface area contributed by atoms with E-state index in [1.54, 1.807) is 0 Å². The van der Waals surface area contributed by atoms with Gasteiger partial charge in [-0.3, -0.25) is 9.59 Å². The minimum Gasteiger partial charge on any atom is -0.481 e. The van der Waals surface area contributed by atoms with E-state index in [0.717, 1.165) is 6.07 Å². The highest BCUT2D eigenvalue weighted by Gasteiger charge is 2.13. The molecule has 98 valence electrons. The first kappa shape index (κ1) is 14.1. The van der Waals surface area contributed by atoms with Gasteiger partial charge in [0.05, 0.1) is 6.42 Å². The van der Waals surface area contributed by atoms with Gasteiger partial charge in [0.15, 0.2) is 0 Å². The van der Waals surface area contributed by atoms with Crippen LogP contribution in [0.5, 0.6) is 0 Å². The zero-order valence-electron chi connectivity index (χ0n) is 9.40. The van der Waals surface area contributed by atoms with Gasteiger partial charge in [0, 0.05) is 12.0 Å². The van der Waals surface area contributed by atoms with Crippen LogP contribution in [0.3, 0.4) is 0 Å². The number of carbonyl (C=O) groups is 2. The van der Waals surface area contributed by atoms with Crippen molar-refractivity contribution < 1.29 is 28.6 Å². The molecule has 0 saturated heterocycles. The summed E-state index contributed by atoms with van der Waals surface area (Å²) in [6.45, 7) is 0. The standard InChI is InChI=1S/C12H12F2O4/c13-12(14)9-2-1-8(6-11(17)18)7(5-9)3-4-10(15)16/h1-2,5,12H,3-4,6H2,(H,15,16)(H,17,18). The monoisotopic (exact) mass is 258 g/mol. The maximum absolute atomic E-state index is 12.5. The molecule has 0 heterocycles. The third kappa shape index (κ3) is 4.12. The number of alkyl halides is 2. The Morgan fingerprint density at radius 3 is 2.28 bits per heavy atom. The summed E-state index contributed by atoms with van der Waals surface area (Å²) in [6, 6.07) is 3.64. The van der Waals surface area contributed by atoms with Crippen LogP contribution >= 0.6 is 0 Å². The predicted octanol–water partition coefficient (Wildman–Crippen LogP) is 2.27. The van der Waals surface area contributed by atoms with E-state index in [9.17, 15) is 18.4 Å².